The number of fused-ring (bicyclic) bond motifs is 2. The number of aromatic nitrogens is 4. The van der Waals surface area contributed by atoms with Gasteiger partial charge in [0.05, 0.1) is 47.7 Å². The van der Waals surface area contributed by atoms with Gasteiger partial charge in [0.25, 0.3) is 11.8 Å². The Bertz CT molecular complexity index is 1390. The van der Waals surface area contributed by atoms with Crippen LogP contribution >= 0.6 is 11.3 Å². The van der Waals surface area contributed by atoms with E-state index in [0.29, 0.717) is 35.2 Å². The molecule has 3 atom stereocenters. The smallest absolute Gasteiger partial charge is 0.260 e. The molecule has 2 amide bonds. The van der Waals surface area contributed by atoms with E-state index in [-0.39, 0.29) is 17.9 Å². The molecule has 2 saturated heterocycles. The van der Waals surface area contributed by atoms with Gasteiger partial charge in [-0.3, -0.25) is 14.3 Å². The van der Waals surface area contributed by atoms with Crippen LogP contribution < -0.4 is 16.0 Å². The number of hydrogen-bond donors (Lipinski definition) is 3. The van der Waals surface area contributed by atoms with Crippen molar-refractivity contribution in [1.29, 1.82) is 0 Å². The molecule has 0 bridgehead atoms. The average Bonchev–Trinajstić information content (AvgIpc) is 3.66. The number of carbonyl (C=O) groups excluding carboxylic acids is 2. The fraction of sp³-hybridized carbons (Fsp3) is 0.440. The van der Waals surface area contributed by atoms with E-state index in [1.54, 1.807) is 33.9 Å². The summed E-state index contributed by atoms with van der Waals surface area (Å²) < 4.78 is 8.98. The van der Waals surface area contributed by atoms with Crippen LogP contribution in [0.4, 0.5) is 0 Å². The second kappa shape index (κ2) is 9.77. The van der Waals surface area contributed by atoms with E-state index < -0.39 is 0 Å². The lowest BCUT2D eigenvalue weighted by Crippen LogP contribution is -2.40. The number of nitrogens with one attached hydrogen (secondary N) is 3. The van der Waals surface area contributed by atoms with Crippen LogP contribution in [0.5, 0.6) is 0 Å². The van der Waals surface area contributed by atoms with Crippen molar-refractivity contribution in [3.63, 3.8) is 0 Å². The van der Waals surface area contributed by atoms with Crippen LogP contribution in [0.2, 0.25) is 0 Å². The molecule has 0 aliphatic carbocycles. The van der Waals surface area contributed by atoms with Crippen molar-refractivity contribution in [2.24, 2.45) is 18.9 Å². The normalized spacial score (nSPS) is 23.5. The lowest BCUT2D eigenvalue weighted by Gasteiger charge is -2.23. The van der Waals surface area contributed by atoms with Crippen LogP contribution in [-0.4, -0.2) is 81.5 Å². The highest BCUT2D eigenvalue weighted by molar-refractivity contribution is 7.21. The molecule has 3 aromatic rings. The minimum atomic E-state index is -0.264. The van der Waals surface area contributed by atoms with Gasteiger partial charge in [0.2, 0.25) is 0 Å². The van der Waals surface area contributed by atoms with Gasteiger partial charge in [0, 0.05) is 74.9 Å². The van der Waals surface area contributed by atoms with Gasteiger partial charge in [-0.05, 0) is 13.0 Å². The zero-order chi connectivity index (χ0) is 25.5. The summed E-state index contributed by atoms with van der Waals surface area (Å²) in [6.07, 6.45) is 10.6. The SMILES string of the molecule is CC1NC=C(C(=O)NCCN2CC3COCC3C2)C=C1NC(=O)c1cnn2cc(-c3cnn(C)c3)sc12. The summed E-state index contributed by atoms with van der Waals surface area (Å²) in [5.74, 6) is 0.829. The third-order valence-electron chi connectivity index (χ3n) is 7.25. The first-order valence-electron chi connectivity index (χ1n) is 12.5. The first-order chi connectivity index (χ1) is 17.9. The molecule has 11 nitrogen and oxygen atoms in total. The third-order valence-corrected chi connectivity index (χ3v) is 8.41. The summed E-state index contributed by atoms with van der Waals surface area (Å²) in [7, 11) is 1.87. The van der Waals surface area contributed by atoms with Gasteiger partial charge in [0.1, 0.15) is 4.83 Å². The van der Waals surface area contributed by atoms with Crippen molar-refractivity contribution >= 4 is 28.0 Å². The molecule has 0 spiro atoms. The first-order valence-corrected chi connectivity index (χ1v) is 13.3. The summed E-state index contributed by atoms with van der Waals surface area (Å²) in [6, 6.07) is -0.146. The third kappa shape index (κ3) is 4.79. The molecule has 3 N–H and O–H groups in total. The number of carbonyl (C=O) groups is 2. The quantitative estimate of drug-likeness (QED) is 0.423. The predicted octanol–water partition coefficient (Wildman–Crippen LogP) is 0.980. The molecule has 3 unspecified atom stereocenters. The maximum Gasteiger partial charge on any atom is 0.260 e. The fourth-order valence-corrected chi connectivity index (χ4v) is 6.17. The Balaban J connectivity index is 1.08. The van der Waals surface area contributed by atoms with Gasteiger partial charge in [-0.25, -0.2) is 4.52 Å². The van der Waals surface area contributed by atoms with Gasteiger partial charge in [0.15, 0.2) is 0 Å². The lowest BCUT2D eigenvalue weighted by molar-refractivity contribution is -0.117. The van der Waals surface area contributed by atoms with Crippen LogP contribution in [0.3, 0.4) is 0 Å². The second-order valence-electron chi connectivity index (χ2n) is 9.92. The van der Waals surface area contributed by atoms with Gasteiger partial charge in [-0.15, -0.1) is 11.3 Å². The minimum Gasteiger partial charge on any atom is -0.382 e. The molecule has 3 aliphatic heterocycles. The van der Waals surface area contributed by atoms with E-state index in [1.165, 1.54) is 11.3 Å². The molecule has 37 heavy (non-hydrogen) atoms. The number of amides is 2. The zero-order valence-corrected chi connectivity index (χ0v) is 21.6. The van der Waals surface area contributed by atoms with Crippen LogP contribution in [0.1, 0.15) is 17.3 Å². The van der Waals surface area contributed by atoms with Crippen molar-refractivity contribution < 1.29 is 14.3 Å². The number of likely N-dealkylation sites (tertiary alicyclic amines) is 1. The Morgan fingerprint density at radius 1 is 1.16 bits per heavy atom. The fourth-order valence-electron chi connectivity index (χ4n) is 5.13. The molecule has 12 heteroatoms. The predicted molar refractivity (Wildman–Crippen MR) is 139 cm³/mol. The first kappa shape index (κ1) is 23.9. The van der Waals surface area contributed by atoms with E-state index >= 15 is 0 Å². The van der Waals surface area contributed by atoms with Gasteiger partial charge < -0.3 is 25.6 Å². The zero-order valence-electron chi connectivity index (χ0n) is 20.8. The van der Waals surface area contributed by atoms with E-state index in [1.807, 2.05) is 26.4 Å². The molecule has 2 fully saturated rings. The maximum atomic E-state index is 13.2. The monoisotopic (exact) mass is 522 g/mol. The van der Waals surface area contributed by atoms with Crippen molar-refractivity contribution in [1.82, 2.24) is 40.2 Å². The van der Waals surface area contributed by atoms with Gasteiger partial charge >= 0.3 is 0 Å². The molecular formula is C25H30N8O3S. The van der Waals surface area contributed by atoms with Crippen molar-refractivity contribution in [3.8, 4) is 10.4 Å². The highest BCUT2D eigenvalue weighted by atomic mass is 32.1. The van der Waals surface area contributed by atoms with E-state index in [4.69, 9.17) is 4.74 Å². The number of hydrogen-bond acceptors (Lipinski definition) is 8. The number of aryl methyl sites for hydroxylation is 1. The largest absolute Gasteiger partial charge is 0.382 e. The van der Waals surface area contributed by atoms with E-state index in [0.717, 1.165) is 48.1 Å². The maximum absolute atomic E-state index is 13.2. The average molecular weight is 523 g/mol. The number of ether oxygens (including phenoxy) is 1. The summed E-state index contributed by atoms with van der Waals surface area (Å²) >= 11 is 1.48. The molecule has 0 saturated carbocycles. The molecule has 6 heterocycles. The summed E-state index contributed by atoms with van der Waals surface area (Å²) in [5, 5.41) is 17.7. The highest BCUT2D eigenvalue weighted by Gasteiger charge is 2.36. The minimum absolute atomic E-state index is 0.146. The number of dihydropyridines is 1. The second-order valence-corrected chi connectivity index (χ2v) is 11.0. The molecule has 6 rings (SSSR count). The lowest BCUT2D eigenvalue weighted by atomic mass is 10.0. The Kier molecular flexibility index (Phi) is 6.31. The van der Waals surface area contributed by atoms with Crippen molar-refractivity contribution in [2.75, 3.05) is 39.4 Å². The van der Waals surface area contributed by atoms with Crippen LogP contribution in [0, 0.1) is 11.8 Å². The van der Waals surface area contributed by atoms with E-state index in [9.17, 15) is 9.59 Å². The summed E-state index contributed by atoms with van der Waals surface area (Å²) in [4.78, 5) is 30.1. The van der Waals surface area contributed by atoms with Crippen molar-refractivity contribution in [3.05, 3.63) is 53.9 Å². The number of thiazole rings is 1. The standard InChI is InChI=1S/C25H30N8O3S/c1-15-21(5-16(6-27-15)23(34)26-3-4-32-10-18-13-36-14-19(18)11-32)30-24(35)20-8-29-33-12-22(37-25(20)33)17-7-28-31(2)9-17/h5-9,12,15,18-19,27H,3-4,10-11,13-14H2,1-2H3,(H,26,34)(H,30,35). The van der Waals surface area contributed by atoms with Crippen LogP contribution in [-0.2, 0) is 16.6 Å². The molecule has 3 aromatic heterocycles. The Hall–Kier alpha value is -3.48. The topological polar surface area (TPSA) is 118 Å². The van der Waals surface area contributed by atoms with Crippen LogP contribution in [0.15, 0.2) is 48.3 Å². The van der Waals surface area contributed by atoms with Crippen LogP contribution in [0.25, 0.3) is 15.3 Å². The Labute approximate surface area is 218 Å². The van der Waals surface area contributed by atoms with E-state index in [2.05, 4.69) is 31.0 Å². The highest BCUT2D eigenvalue weighted by Crippen LogP contribution is 2.30. The molecule has 3 aliphatic rings. The Morgan fingerprint density at radius 2 is 1.97 bits per heavy atom. The number of nitrogens with zero attached hydrogens (tertiary/aromatic N) is 5. The molecule has 0 aromatic carbocycles. The summed E-state index contributed by atoms with van der Waals surface area (Å²) in [6.45, 7) is 7.11. The number of rotatable bonds is 7. The molecular weight excluding hydrogens is 492 g/mol. The van der Waals surface area contributed by atoms with Crippen molar-refractivity contribution in [2.45, 2.75) is 13.0 Å². The summed E-state index contributed by atoms with van der Waals surface area (Å²) in [5.41, 5.74) is 2.57. The Morgan fingerprint density at radius 3 is 2.73 bits per heavy atom. The molecule has 194 valence electrons. The van der Waals surface area contributed by atoms with Gasteiger partial charge in [-0.1, -0.05) is 0 Å². The molecule has 0 radical (unpaired) electrons. The van der Waals surface area contributed by atoms with Gasteiger partial charge in [-0.2, -0.15) is 10.2 Å².